The van der Waals surface area contributed by atoms with E-state index in [4.69, 9.17) is 5.11 Å². The number of Topliss-reactive ketones (excluding diaryl/α,β-unsaturated/α-hetero) is 1. The fourth-order valence-corrected chi connectivity index (χ4v) is 2.22. The number of carbonyl (C=O) groups is 2. The van der Waals surface area contributed by atoms with Gasteiger partial charge in [-0.2, -0.15) is 0 Å². The Hall–Kier alpha value is -2.31. The molecule has 1 fully saturated rings. The summed E-state index contributed by atoms with van der Waals surface area (Å²) in [7, 11) is 0. The molecular formula is C13H8F2NO4. The molecule has 1 aromatic heterocycles. The van der Waals surface area contributed by atoms with E-state index >= 15 is 0 Å². The summed E-state index contributed by atoms with van der Waals surface area (Å²) in [4.78, 5) is 34.3. The first kappa shape index (κ1) is 12.7. The first-order valence-electron chi connectivity index (χ1n) is 5.92. The van der Waals surface area contributed by atoms with Crippen molar-refractivity contribution in [2.45, 2.75) is 25.1 Å². The third kappa shape index (κ3) is 1.70. The molecule has 1 atom stereocenters. The molecule has 0 saturated heterocycles. The summed E-state index contributed by atoms with van der Waals surface area (Å²) in [6.07, 6.45) is 1.96. The Kier molecular flexibility index (Phi) is 2.60. The number of halogens is 2. The molecule has 1 aromatic rings. The molecule has 1 N–H and O–H groups in total. The van der Waals surface area contributed by atoms with E-state index in [1.165, 1.54) is 0 Å². The largest absolute Gasteiger partial charge is 0.477 e. The van der Waals surface area contributed by atoms with Gasteiger partial charge >= 0.3 is 5.97 Å². The van der Waals surface area contributed by atoms with E-state index in [0.29, 0.717) is 18.9 Å². The second-order valence-corrected chi connectivity index (χ2v) is 4.74. The number of aromatic nitrogens is 1. The topological polar surface area (TPSA) is 76.4 Å². The molecule has 0 aromatic carbocycles. The summed E-state index contributed by atoms with van der Waals surface area (Å²) in [6.45, 7) is 0. The molecule has 0 amide bonds. The van der Waals surface area contributed by atoms with Crippen molar-refractivity contribution >= 4 is 17.8 Å². The number of fused-ring (bicyclic) bond motifs is 1. The third-order valence-electron chi connectivity index (χ3n) is 3.34. The van der Waals surface area contributed by atoms with Crippen molar-refractivity contribution in [1.29, 1.82) is 0 Å². The Morgan fingerprint density at radius 1 is 1.40 bits per heavy atom. The van der Waals surface area contributed by atoms with Gasteiger partial charge in [-0.3, -0.25) is 9.59 Å². The van der Waals surface area contributed by atoms with E-state index in [9.17, 15) is 23.2 Å². The van der Waals surface area contributed by atoms with Crippen molar-refractivity contribution < 1.29 is 23.5 Å². The highest BCUT2D eigenvalue weighted by molar-refractivity contribution is 6.04. The number of hydrogen-bond donors (Lipinski definition) is 1. The fourth-order valence-electron chi connectivity index (χ4n) is 2.22. The van der Waals surface area contributed by atoms with Crippen molar-refractivity contribution in [1.82, 2.24) is 4.57 Å². The predicted molar refractivity (Wildman–Crippen MR) is 62.7 cm³/mol. The molecule has 1 unspecified atom stereocenters. The molecule has 1 heterocycles. The zero-order valence-electron chi connectivity index (χ0n) is 10.0. The highest BCUT2D eigenvalue weighted by Crippen LogP contribution is 2.40. The van der Waals surface area contributed by atoms with Gasteiger partial charge in [0, 0.05) is 11.6 Å². The average molecular weight is 280 g/mol. The number of aromatic carboxylic acids is 1. The van der Waals surface area contributed by atoms with Crippen LogP contribution in [-0.4, -0.2) is 21.4 Å². The number of nitrogens with zero attached hydrogens (tertiary/aromatic N) is 1. The summed E-state index contributed by atoms with van der Waals surface area (Å²) in [5, 5.41) is 8.96. The smallest absolute Gasteiger partial charge is 0.341 e. The molecule has 103 valence electrons. The van der Waals surface area contributed by atoms with Gasteiger partial charge in [0.1, 0.15) is 5.56 Å². The number of alkyl halides is 1. The van der Waals surface area contributed by atoms with Crippen molar-refractivity contribution in [3.8, 4) is 0 Å². The number of allylic oxidation sites excluding steroid dienone is 1. The Morgan fingerprint density at radius 3 is 2.60 bits per heavy atom. The van der Waals surface area contributed by atoms with Crippen LogP contribution < -0.4 is 5.43 Å². The molecule has 0 bridgehead atoms. The maximum atomic E-state index is 14.0. The van der Waals surface area contributed by atoms with Crippen LogP contribution in [0.5, 0.6) is 0 Å². The highest BCUT2D eigenvalue weighted by Gasteiger charge is 2.38. The molecule has 1 saturated carbocycles. The maximum absolute atomic E-state index is 14.0. The van der Waals surface area contributed by atoms with Crippen LogP contribution in [0.4, 0.5) is 8.78 Å². The Bertz CT molecular complexity index is 731. The summed E-state index contributed by atoms with van der Waals surface area (Å²) >= 11 is 0. The quantitative estimate of drug-likeness (QED) is 0.892. The van der Waals surface area contributed by atoms with Crippen LogP contribution in [-0.2, 0) is 4.79 Å². The van der Waals surface area contributed by atoms with Gasteiger partial charge in [-0.05, 0) is 18.9 Å². The number of carbonyl (C=O) groups excluding carboxylic acids is 1. The van der Waals surface area contributed by atoms with Gasteiger partial charge in [-0.15, -0.1) is 0 Å². The van der Waals surface area contributed by atoms with Crippen LogP contribution in [0, 0.1) is 6.20 Å². The monoisotopic (exact) mass is 280 g/mol. The minimum Gasteiger partial charge on any atom is -0.477 e. The lowest BCUT2D eigenvalue weighted by Crippen LogP contribution is -2.29. The lowest BCUT2D eigenvalue weighted by atomic mass is 9.96. The Morgan fingerprint density at radius 2 is 2.05 bits per heavy atom. The van der Waals surface area contributed by atoms with Crippen molar-refractivity contribution in [3.05, 3.63) is 39.1 Å². The number of carboxylic acids is 1. The van der Waals surface area contributed by atoms with E-state index in [-0.39, 0.29) is 11.7 Å². The summed E-state index contributed by atoms with van der Waals surface area (Å²) < 4.78 is 28.5. The second kappa shape index (κ2) is 4.09. The number of ketones is 1. The van der Waals surface area contributed by atoms with Crippen LogP contribution in [0.15, 0.2) is 10.6 Å². The molecule has 20 heavy (non-hydrogen) atoms. The molecular weight excluding hydrogens is 272 g/mol. The summed E-state index contributed by atoms with van der Waals surface area (Å²) in [5.74, 6) is -4.26. The number of carboxylic acid groups (broad SMARTS) is 1. The SMILES string of the molecule is O=C(O)c1[c]n(C2CC2)c2c(c1=O)C=C(F)C(=O)C2F. The van der Waals surface area contributed by atoms with E-state index in [2.05, 4.69) is 6.20 Å². The van der Waals surface area contributed by atoms with Gasteiger partial charge < -0.3 is 9.67 Å². The molecule has 3 rings (SSSR count). The zero-order chi connectivity index (χ0) is 14.6. The minimum atomic E-state index is -2.30. The highest BCUT2D eigenvalue weighted by atomic mass is 19.1. The van der Waals surface area contributed by atoms with Crippen molar-refractivity contribution in [3.63, 3.8) is 0 Å². The van der Waals surface area contributed by atoms with E-state index in [0.717, 1.165) is 4.57 Å². The Balaban J connectivity index is 2.37. The van der Waals surface area contributed by atoms with Gasteiger partial charge in [0.05, 0.1) is 11.9 Å². The molecule has 7 heteroatoms. The molecule has 5 nitrogen and oxygen atoms in total. The van der Waals surface area contributed by atoms with Crippen molar-refractivity contribution in [2.75, 3.05) is 0 Å². The lowest BCUT2D eigenvalue weighted by molar-refractivity contribution is -0.122. The van der Waals surface area contributed by atoms with Crippen LogP contribution in [0.1, 0.15) is 46.7 Å². The van der Waals surface area contributed by atoms with Gasteiger partial charge in [0.25, 0.3) is 0 Å². The van der Waals surface area contributed by atoms with Crippen LogP contribution >= 0.6 is 0 Å². The van der Waals surface area contributed by atoms with Gasteiger partial charge in [0.2, 0.25) is 17.4 Å². The van der Waals surface area contributed by atoms with Gasteiger partial charge in [0.15, 0.2) is 5.83 Å². The number of rotatable bonds is 2. The molecule has 1 radical (unpaired) electrons. The molecule has 0 spiro atoms. The van der Waals surface area contributed by atoms with Gasteiger partial charge in [-0.1, -0.05) is 0 Å². The van der Waals surface area contributed by atoms with Gasteiger partial charge in [-0.25, -0.2) is 13.6 Å². The van der Waals surface area contributed by atoms with Crippen LogP contribution in [0.2, 0.25) is 0 Å². The first-order valence-corrected chi connectivity index (χ1v) is 5.92. The predicted octanol–water partition coefficient (Wildman–Crippen LogP) is 1.59. The standard InChI is InChI=1S/C13H8F2NO4/c14-8-3-6-10(9(15)12(8)18)16(5-1-2-5)4-7(11(6)17)13(19)20/h3,5,9H,1-2H2,(H,19,20). The van der Waals surface area contributed by atoms with Crippen LogP contribution in [0.3, 0.4) is 0 Å². The van der Waals surface area contributed by atoms with E-state index in [1.807, 2.05) is 0 Å². The molecule has 2 aliphatic rings. The molecule has 2 aliphatic carbocycles. The summed E-state index contributed by atoms with van der Waals surface area (Å²) in [5.41, 5.74) is -2.43. The Labute approximate surface area is 111 Å². The minimum absolute atomic E-state index is 0.205. The average Bonchev–Trinajstić information content (AvgIpc) is 3.21. The fraction of sp³-hybridized carbons (Fsp3) is 0.308. The van der Waals surface area contributed by atoms with Crippen LogP contribution in [0.25, 0.3) is 6.08 Å². The maximum Gasteiger partial charge on any atom is 0.341 e. The van der Waals surface area contributed by atoms with E-state index < -0.39 is 40.3 Å². The second-order valence-electron chi connectivity index (χ2n) is 4.74. The number of hydrogen-bond acceptors (Lipinski definition) is 3. The normalized spacial score (nSPS) is 21.4. The zero-order valence-corrected chi connectivity index (χ0v) is 10.0. The van der Waals surface area contributed by atoms with Crippen molar-refractivity contribution in [2.24, 2.45) is 0 Å². The third-order valence-corrected chi connectivity index (χ3v) is 3.34. The summed E-state index contributed by atoms with van der Waals surface area (Å²) in [6, 6.07) is -0.205. The first-order chi connectivity index (χ1) is 9.41. The van der Waals surface area contributed by atoms with E-state index in [1.54, 1.807) is 0 Å². The number of pyridine rings is 1. The lowest BCUT2D eigenvalue weighted by Gasteiger charge is -2.21. The molecule has 0 aliphatic heterocycles.